The summed E-state index contributed by atoms with van der Waals surface area (Å²) in [5, 5.41) is 3.85. The SMILES string of the molecule is Fc1cc(Cl)c(NC2CCc3ccccc3C2)c(Br)c1. The zero-order valence-electron chi connectivity index (χ0n) is 10.8. The van der Waals surface area contributed by atoms with Crippen LogP contribution in [0.4, 0.5) is 10.1 Å². The van der Waals surface area contributed by atoms with Crippen LogP contribution in [0.3, 0.4) is 0 Å². The third-order valence-electron chi connectivity index (χ3n) is 3.70. The van der Waals surface area contributed by atoms with E-state index in [1.807, 2.05) is 0 Å². The van der Waals surface area contributed by atoms with Crippen molar-refractivity contribution in [2.75, 3.05) is 5.32 Å². The summed E-state index contributed by atoms with van der Waals surface area (Å²) in [6, 6.07) is 11.6. The van der Waals surface area contributed by atoms with Crippen LogP contribution in [0.15, 0.2) is 40.9 Å². The molecule has 20 heavy (non-hydrogen) atoms. The minimum atomic E-state index is -0.332. The first-order valence-corrected chi connectivity index (χ1v) is 7.78. The zero-order valence-corrected chi connectivity index (χ0v) is 13.1. The molecule has 0 bridgehead atoms. The van der Waals surface area contributed by atoms with E-state index in [-0.39, 0.29) is 5.82 Å². The maximum absolute atomic E-state index is 13.2. The highest BCUT2D eigenvalue weighted by atomic mass is 79.9. The average Bonchev–Trinajstić information content (AvgIpc) is 2.42. The van der Waals surface area contributed by atoms with Crippen LogP contribution in [0.2, 0.25) is 5.02 Å². The summed E-state index contributed by atoms with van der Waals surface area (Å²) >= 11 is 9.49. The van der Waals surface area contributed by atoms with Crippen molar-refractivity contribution in [1.82, 2.24) is 0 Å². The van der Waals surface area contributed by atoms with Gasteiger partial charge in [0.1, 0.15) is 5.82 Å². The molecule has 0 saturated heterocycles. The van der Waals surface area contributed by atoms with Gasteiger partial charge in [0, 0.05) is 10.5 Å². The van der Waals surface area contributed by atoms with E-state index >= 15 is 0 Å². The fourth-order valence-corrected chi connectivity index (χ4v) is 3.63. The van der Waals surface area contributed by atoms with Crippen LogP contribution < -0.4 is 5.32 Å². The second kappa shape index (κ2) is 5.74. The summed E-state index contributed by atoms with van der Waals surface area (Å²) in [4.78, 5) is 0. The van der Waals surface area contributed by atoms with Crippen molar-refractivity contribution in [3.05, 3.63) is 62.8 Å². The van der Waals surface area contributed by atoms with Gasteiger partial charge in [0.05, 0.1) is 10.7 Å². The van der Waals surface area contributed by atoms with Crippen LogP contribution in [0.1, 0.15) is 17.5 Å². The minimum Gasteiger partial charge on any atom is -0.380 e. The van der Waals surface area contributed by atoms with Crippen molar-refractivity contribution in [1.29, 1.82) is 0 Å². The van der Waals surface area contributed by atoms with Crippen LogP contribution in [0, 0.1) is 5.82 Å². The van der Waals surface area contributed by atoms with Crippen LogP contribution in [-0.4, -0.2) is 6.04 Å². The Bertz CT molecular complexity index is 621. The van der Waals surface area contributed by atoms with E-state index in [1.54, 1.807) is 0 Å². The molecule has 2 aromatic rings. The van der Waals surface area contributed by atoms with E-state index in [2.05, 4.69) is 45.5 Å². The molecule has 4 heteroatoms. The number of hydrogen-bond donors (Lipinski definition) is 1. The summed E-state index contributed by atoms with van der Waals surface area (Å²) < 4.78 is 13.9. The molecule has 104 valence electrons. The van der Waals surface area contributed by atoms with Crippen LogP contribution in [0.5, 0.6) is 0 Å². The van der Waals surface area contributed by atoms with Gasteiger partial charge in [-0.05, 0) is 58.5 Å². The third-order valence-corrected chi connectivity index (χ3v) is 4.63. The predicted molar refractivity (Wildman–Crippen MR) is 85.0 cm³/mol. The molecule has 1 aliphatic rings. The second-order valence-electron chi connectivity index (χ2n) is 5.10. The van der Waals surface area contributed by atoms with Crippen LogP contribution in [0.25, 0.3) is 0 Å². The molecule has 1 unspecified atom stereocenters. The number of anilines is 1. The Balaban J connectivity index is 1.80. The van der Waals surface area contributed by atoms with Gasteiger partial charge in [-0.3, -0.25) is 0 Å². The molecule has 0 aromatic heterocycles. The fraction of sp³-hybridized carbons (Fsp3) is 0.250. The molecular formula is C16H14BrClFN. The first-order valence-electron chi connectivity index (χ1n) is 6.61. The number of nitrogens with one attached hydrogen (secondary N) is 1. The van der Waals surface area contributed by atoms with Gasteiger partial charge in [0.2, 0.25) is 0 Å². The summed E-state index contributed by atoms with van der Waals surface area (Å²) in [6.45, 7) is 0. The molecule has 0 radical (unpaired) electrons. The highest BCUT2D eigenvalue weighted by molar-refractivity contribution is 9.10. The van der Waals surface area contributed by atoms with Crippen molar-refractivity contribution >= 4 is 33.2 Å². The van der Waals surface area contributed by atoms with Crippen LogP contribution >= 0.6 is 27.5 Å². The lowest BCUT2D eigenvalue weighted by molar-refractivity contribution is 0.608. The Morgan fingerprint density at radius 1 is 1.20 bits per heavy atom. The Morgan fingerprint density at radius 2 is 1.95 bits per heavy atom. The Labute approximate surface area is 131 Å². The zero-order chi connectivity index (χ0) is 14.1. The molecule has 0 amide bonds. The van der Waals surface area contributed by atoms with E-state index in [0.717, 1.165) is 24.9 Å². The van der Waals surface area contributed by atoms with Crippen molar-refractivity contribution < 1.29 is 4.39 Å². The maximum atomic E-state index is 13.2. The van der Waals surface area contributed by atoms with Crippen molar-refractivity contribution in [2.45, 2.75) is 25.3 Å². The molecular weight excluding hydrogens is 341 g/mol. The second-order valence-corrected chi connectivity index (χ2v) is 6.36. The number of fused-ring (bicyclic) bond motifs is 1. The van der Waals surface area contributed by atoms with Gasteiger partial charge >= 0.3 is 0 Å². The number of hydrogen-bond acceptors (Lipinski definition) is 1. The molecule has 0 aliphatic heterocycles. The molecule has 1 aliphatic carbocycles. The highest BCUT2D eigenvalue weighted by Crippen LogP contribution is 2.34. The molecule has 1 N–H and O–H groups in total. The Hall–Kier alpha value is -1.06. The molecule has 0 heterocycles. The van der Waals surface area contributed by atoms with E-state index in [4.69, 9.17) is 11.6 Å². The quantitative estimate of drug-likeness (QED) is 0.780. The average molecular weight is 355 g/mol. The highest BCUT2D eigenvalue weighted by Gasteiger charge is 2.20. The van der Waals surface area contributed by atoms with Crippen molar-refractivity contribution in [3.63, 3.8) is 0 Å². The predicted octanol–water partition coefficient (Wildman–Crippen LogP) is 5.21. The van der Waals surface area contributed by atoms with Crippen LogP contribution in [-0.2, 0) is 12.8 Å². The van der Waals surface area contributed by atoms with Gasteiger partial charge in [0.15, 0.2) is 0 Å². The van der Waals surface area contributed by atoms with Gasteiger partial charge in [0.25, 0.3) is 0 Å². The summed E-state index contributed by atoms with van der Waals surface area (Å²) in [5.41, 5.74) is 3.58. The lowest BCUT2D eigenvalue weighted by atomic mass is 9.88. The summed E-state index contributed by atoms with van der Waals surface area (Å²) in [7, 11) is 0. The monoisotopic (exact) mass is 353 g/mol. The molecule has 0 saturated carbocycles. The molecule has 0 spiro atoms. The van der Waals surface area contributed by atoms with Gasteiger partial charge < -0.3 is 5.32 Å². The summed E-state index contributed by atoms with van der Waals surface area (Å²) in [6.07, 6.45) is 3.08. The van der Waals surface area contributed by atoms with E-state index < -0.39 is 0 Å². The molecule has 1 atom stereocenters. The lowest BCUT2D eigenvalue weighted by Gasteiger charge is -2.27. The third kappa shape index (κ3) is 2.84. The number of halogens is 3. The number of rotatable bonds is 2. The van der Waals surface area contributed by atoms with E-state index in [9.17, 15) is 4.39 Å². The Kier molecular flexibility index (Phi) is 3.99. The standard InChI is InChI=1S/C16H14BrClFN/c17-14-8-12(19)9-15(18)16(14)20-13-6-5-10-3-1-2-4-11(10)7-13/h1-4,8-9,13,20H,5-7H2. The lowest BCUT2D eigenvalue weighted by Crippen LogP contribution is -2.27. The minimum absolute atomic E-state index is 0.323. The molecule has 1 nitrogen and oxygen atoms in total. The van der Waals surface area contributed by atoms with E-state index in [1.165, 1.54) is 23.3 Å². The van der Waals surface area contributed by atoms with Gasteiger partial charge in [-0.15, -0.1) is 0 Å². The van der Waals surface area contributed by atoms with Crippen molar-refractivity contribution in [3.8, 4) is 0 Å². The maximum Gasteiger partial charge on any atom is 0.125 e. The summed E-state index contributed by atoms with van der Waals surface area (Å²) in [5.74, 6) is -0.332. The normalized spacial score (nSPS) is 17.6. The largest absolute Gasteiger partial charge is 0.380 e. The molecule has 0 fully saturated rings. The van der Waals surface area contributed by atoms with Gasteiger partial charge in [-0.2, -0.15) is 0 Å². The van der Waals surface area contributed by atoms with E-state index in [0.29, 0.717) is 15.5 Å². The topological polar surface area (TPSA) is 12.0 Å². The van der Waals surface area contributed by atoms with Gasteiger partial charge in [-0.1, -0.05) is 35.9 Å². The molecule has 3 rings (SSSR count). The fourth-order valence-electron chi connectivity index (χ4n) is 2.71. The van der Waals surface area contributed by atoms with Gasteiger partial charge in [-0.25, -0.2) is 4.39 Å². The molecule has 2 aromatic carbocycles. The first-order chi connectivity index (χ1) is 9.63. The van der Waals surface area contributed by atoms with Crippen molar-refractivity contribution in [2.24, 2.45) is 0 Å². The smallest absolute Gasteiger partial charge is 0.125 e. The number of benzene rings is 2. The Morgan fingerprint density at radius 3 is 2.70 bits per heavy atom. The first kappa shape index (κ1) is 13.9. The number of aryl methyl sites for hydroxylation is 1.